The molecule has 0 radical (unpaired) electrons. The maximum absolute atomic E-state index is 15.4. The highest BCUT2D eigenvalue weighted by molar-refractivity contribution is 8.45. The lowest BCUT2D eigenvalue weighted by molar-refractivity contribution is -0.129. The lowest BCUT2D eigenvalue weighted by Crippen LogP contribution is -2.52. The van der Waals surface area contributed by atoms with Gasteiger partial charge in [0.05, 0.1) is 18.3 Å². The third-order valence-electron chi connectivity index (χ3n) is 7.12. The number of alkyl halides is 2. The number of nitrogens with zero attached hydrogens (tertiary/aromatic N) is 4. The zero-order valence-electron chi connectivity index (χ0n) is 21.6. The molecule has 230 valence electrons. The van der Waals surface area contributed by atoms with Crippen molar-refractivity contribution in [1.29, 1.82) is 5.26 Å². The van der Waals surface area contributed by atoms with E-state index in [1.807, 2.05) is 0 Å². The number of benzene rings is 1. The monoisotopic (exact) mass is 627 g/mol. The molecule has 2 aliphatic rings. The molecule has 4 rings (SSSR count). The van der Waals surface area contributed by atoms with Gasteiger partial charge in [-0.3, -0.25) is 24.4 Å². The van der Waals surface area contributed by atoms with E-state index in [0.717, 1.165) is 11.1 Å². The van der Waals surface area contributed by atoms with Crippen molar-refractivity contribution in [3.63, 3.8) is 0 Å². The second-order valence-electron chi connectivity index (χ2n) is 10.3. The number of anilines is 1. The molecule has 1 aliphatic heterocycles. The topological polar surface area (TPSA) is 110 Å². The maximum atomic E-state index is 15.4. The van der Waals surface area contributed by atoms with Gasteiger partial charge in [0.25, 0.3) is 5.91 Å². The second-order valence-corrected chi connectivity index (χ2v) is 12.7. The van der Waals surface area contributed by atoms with Crippen LogP contribution in [0.5, 0.6) is 0 Å². The van der Waals surface area contributed by atoms with Gasteiger partial charge in [0.1, 0.15) is 22.8 Å². The van der Waals surface area contributed by atoms with E-state index in [2.05, 4.69) is 10.3 Å². The van der Waals surface area contributed by atoms with Crippen molar-refractivity contribution in [2.24, 2.45) is 0 Å². The molecule has 0 bridgehead atoms. The minimum atomic E-state index is -10.4. The summed E-state index contributed by atoms with van der Waals surface area (Å²) in [5, 5.41) is 22.1. The molecule has 3 atom stereocenters. The number of rotatable bonds is 7. The smallest absolute Gasteiger partial charge is 0.310 e. The molecule has 1 aromatic carbocycles. The summed E-state index contributed by atoms with van der Waals surface area (Å²) in [4.78, 5) is 30.1. The lowest BCUT2D eigenvalue weighted by atomic mass is 9.91. The summed E-state index contributed by atoms with van der Waals surface area (Å²) in [5.41, 5.74) is -1.10. The Kier molecular flexibility index (Phi) is 7.64. The van der Waals surface area contributed by atoms with Crippen LogP contribution in [0.1, 0.15) is 43.7 Å². The molecule has 1 unspecified atom stereocenters. The zero-order valence-corrected chi connectivity index (χ0v) is 22.4. The summed E-state index contributed by atoms with van der Waals surface area (Å²) in [5.74, 6) is -7.16. The van der Waals surface area contributed by atoms with Crippen LogP contribution < -0.4 is 10.2 Å². The largest absolute Gasteiger partial charge is 0.391 e. The van der Waals surface area contributed by atoms with E-state index in [-0.39, 0.29) is 43.5 Å². The number of hydrogen-bond acceptors (Lipinski definition) is 6. The fourth-order valence-electron chi connectivity index (χ4n) is 5.05. The number of aliphatic hydroxyl groups excluding tert-OH is 1. The fraction of sp³-hybridized carbons (Fsp3) is 0.440. The predicted molar refractivity (Wildman–Crippen MR) is 134 cm³/mol. The Bertz CT molecular complexity index is 1400. The number of hydrogen-bond donors (Lipinski definition) is 2. The first-order valence-electron chi connectivity index (χ1n) is 12.6. The molecule has 2 aromatic rings. The van der Waals surface area contributed by atoms with Crippen LogP contribution in [0.15, 0.2) is 47.6 Å². The Morgan fingerprint density at radius 2 is 1.83 bits per heavy atom. The summed E-state index contributed by atoms with van der Waals surface area (Å²) in [6, 6.07) is -1.98. The van der Waals surface area contributed by atoms with Crippen LogP contribution in [0.2, 0.25) is 0 Å². The van der Waals surface area contributed by atoms with Crippen LogP contribution in [0.3, 0.4) is 0 Å². The van der Waals surface area contributed by atoms with Crippen molar-refractivity contribution in [2.75, 3.05) is 11.4 Å². The van der Waals surface area contributed by atoms with Crippen molar-refractivity contribution in [2.45, 2.75) is 67.2 Å². The molecule has 0 spiro atoms. The standard InChI is InChI=1S/C25H25F8N5O3S/c26-19-11-18(42(29,30,31,32)33)3-4-20(19)38(24(41)21-10-17(39)13-37(21)14-34)22(15-2-1-9-35-12-15)23(40)36-16-5-7-25(27,28)8-6-16/h1-4,9,11-12,16-17,21-22,39H,5-8,10,13H2,(H,36,40)/t17-,21-,22?/m1/s1. The van der Waals surface area contributed by atoms with Gasteiger partial charge in [-0.1, -0.05) is 25.5 Å². The Morgan fingerprint density at radius 3 is 2.38 bits per heavy atom. The van der Waals surface area contributed by atoms with Gasteiger partial charge in [-0.25, -0.2) is 13.2 Å². The molecular formula is C25H25F8N5O3S. The molecule has 1 saturated heterocycles. The normalized spacial score (nSPS) is 23.3. The number of carbonyl (C=O) groups is 2. The molecule has 2 heterocycles. The number of aliphatic hydroxyl groups is 1. The Balaban J connectivity index is 1.84. The summed E-state index contributed by atoms with van der Waals surface area (Å²) in [6.45, 7) is -0.327. The van der Waals surface area contributed by atoms with E-state index in [0.29, 0.717) is 4.90 Å². The van der Waals surface area contributed by atoms with Gasteiger partial charge in [-0.15, -0.1) is 0 Å². The summed E-state index contributed by atoms with van der Waals surface area (Å²) in [7, 11) is -10.4. The summed E-state index contributed by atoms with van der Waals surface area (Å²) in [6.07, 6.45) is 1.02. The highest BCUT2D eigenvalue weighted by Crippen LogP contribution is 3.02. The average molecular weight is 628 g/mol. The highest BCUT2D eigenvalue weighted by atomic mass is 32.5. The number of nitriles is 1. The van der Waals surface area contributed by atoms with Crippen molar-refractivity contribution >= 4 is 27.7 Å². The second kappa shape index (κ2) is 10.3. The Hall–Kier alpha value is -3.65. The number of β-amino-alcohol motifs (C(OH)–C–C–N with tert-alkyl or cyclic N) is 1. The van der Waals surface area contributed by atoms with Gasteiger partial charge in [0.2, 0.25) is 11.8 Å². The van der Waals surface area contributed by atoms with Crippen LogP contribution in [-0.4, -0.2) is 57.5 Å². The van der Waals surface area contributed by atoms with Gasteiger partial charge in [0, 0.05) is 43.3 Å². The van der Waals surface area contributed by atoms with E-state index in [9.17, 15) is 48.2 Å². The Labute approximate surface area is 234 Å². The third kappa shape index (κ3) is 6.86. The number of carbonyl (C=O) groups excluding carboxylic acids is 2. The fourth-order valence-corrected chi connectivity index (χ4v) is 5.70. The quantitative estimate of drug-likeness (QED) is 0.307. The Morgan fingerprint density at radius 1 is 1.17 bits per heavy atom. The van der Waals surface area contributed by atoms with Gasteiger partial charge < -0.3 is 10.4 Å². The third-order valence-corrected chi connectivity index (χ3v) is 8.27. The van der Waals surface area contributed by atoms with Crippen molar-refractivity contribution in [1.82, 2.24) is 15.2 Å². The van der Waals surface area contributed by atoms with Gasteiger partial charge >= 0.3 is 10.2 Å². The van der Waals surface area contributed by atoms with E-state index >= 15 is 4.39 Å². The first kappa shape index (κ1) is 31.3. The van der Waals surface area contributed by atoms with Crippen LogP contribution in [0, 0.1) is 17.3 Å². The molecule has 17 heteroatoms. The van der Waals surface area contributed by atoms with Crippen LogP contribution in [-0.2, 0) is 9.59 Å². The molecule has 1 aromatic heterocycles. The molecule has 2 fully saturated rings. The van der Waals surface area contributed by atoms with E-state index < -0.39 is 87.5 Å². The zero-order chi connectivity index (χ0) is 31.2. The van der Waals surface area contributed by atoms with Crippen LogP contribution >= 0.6 is 10.2 Å². The van der Waals surface area contributed by atoms with Gasteiger partial charge in [0.15, 0.2) is 6.19 Å². The summed E-state index contributed by atoms with van der Waals surface area (Å²) < 4.78 is 110. The molecule has 2 N–H and O–H groups in total. The number of pyridine rings is 1. The van der Waals surface area contributed by atoms with Gasteiger partial charge in [-0.2, -0.15) is 5.26 Å². The summed E-state index contributed by atoms with van der Waals surface area (Å²) >= 11 is 0. The number of halogens is 8. The minimum absolute atomic E-state index is 0.0947. The van der Waals surface area contributed by atoms with Crippen LogP contribution in [0.25, 0.3) is 0 Å². The average Bonchev–Trinajstić information content (AvgIpc) is 3.28. The van der Waals surface area contributed by atoms with E-state index in [1.54, 1.807) is 6.19 Å². The molecular weight excluding hydrogens is 602 g/mol. The number of likely N-dealkylation sites (tertiary alicyclic amines) is 1. The first-order chi connectivity index (χ1) is 19.3. The maximum Gasteiger partial charge on any atom is 0.310 e. The van der Waals surface area contributed by atoms with E-state index in [1.165, 1.54) is 18.3 Å². The van der Waals surface area contributed by atoms with Crippen LogP contribution in [0.4, 0.5) is 38.3 Å². The molecule has 2 amide bonds. The van der Waals surface area contributed by atoms with Gasteiger partial charge in [-0.05, 0) is 37.1 Å². The molecule has 42 heavy (non-hydrogen) atoms. The SMILES string of the molecule is N#CN1C[C@H](O)C[C@@H]1C(=O)N(c1ccc(S(F)(F)(F)(F)F)cc1F)C(C(=O)NC1CCC(F)(F)CC1)c1cccnc1. The number of nitrogens with one attached hydrogen (secondary N) is 1. The first-order valence-corrected chi connectivity index (χ1v) is 14.5. The molecule has 1 aliphatic carbocycles. The highest BCUT2D eigenvalue weighted by Gasteiger charge is 2.65. The number of aromatic nitrogens is 1. The minimum Gasteiger partial charge on any atom is -0.391 e. The number of amides is 2. The predicted octanol–water partition coefficient (Wildman–Crippen LogP) is 5.56. The molecule has 8 nitrogen and oxygen atoms in total. The van der Waals surface area contributed by atoms with E-state index in [4.69, 9.17) is 0 Å². The van der Waals surface area contributed by atoms with Crippen molar-refractivity contribution < 1.29 is 47.3 Å². The van der Waals surface area contributed by atoms with Crippen molar-refractivity contribution in [3.8, 4) is 6.19 Å². The molecule has 1 saturated carbocycles. The lowest BCUT2D eigenvalue weighted by Gasteiger charge is -2.41. The van der Waals surface area contributed by atoms with Crippen molar-refractivity contribution in [3.05, 3.63) is 54.1 Å².